The van der Waals surface area contributed by atoms with Crippen LogP contribution >= 0.6 is 0 Å². The average Bonchev–Trinajstić information content (AvgIpc) is 3.17. The summed E-state index contributed by atoms with van der Waals surface area (Å²) < 4.78 is 5.21. The number of nitrogens with two attached hydrogens (primary N) is 1. The van der Waals surface area contributed by atoms with Crippen molar-refractivity contribution in [2.45, 2.75) is 38.1 Å². The van der Waals surface area contributed by atoms with E-state index in [9.17, 15) is 4.79 Å². The number of carbonyl (C=O) groups is 1. The van der Waals surface area contributed by atoms with E-state index in [4.69, 9.17) is 10.5 Å². The van der Waals surface area contributed by atoms with E-state index in [1.54, 1.807) is 7.11 Å². The van der Waals surface area contributed by atoms with Crippen LogP contribution in [0.5, 0.6) is 5.75 Å². The molecule has 1 aliphatic rings. The van der Waals surface area contributed by atoms with Crippen molar-refractivity contribution in [3.8, 4) is 5.75 Å². The predicted molar refractivity (Wildman–Crippen MR) is 122 cm³/mol. The molecular formula is C25H29N3O2. The maximum absolute atomic E-state index is 11.3. The van der Waals surface area contributed by atoms with Gasteiger partial charge in [0.05, 0.1) is 13.5 Å². The van der Waals surface area contributed by atoms with Crippen LogP contribution in [0.4, 0.5) is 0 Å². The summed E-state index contributed by atoms with van der Waals surface area (Å²) >= 11 is 0. The maximum Gasteiger partial charge on any atom is 0.221 e. The molecule has 0 radical (unpaired) electrons. The summed E-state index contributed by atoms with van der Waals surface area (Å²) in [5, 5.41) is 4.87. The molecule has 1 heterocycles. The molecule has 1 aliphatic carbocycles. The van der Waals surface area contributed by atoms with Gasteiger partial charge in [-0.3, -0.25) is 4.79 Å². The van der Waals surface area contributed by atoms with E-state index in [-0.39, 0.29) is 12.3 Å². The summed E-state index contributed by atoms with van der Waals surface area (Å²) in [7, 11) is 1.69. The molecule has 4 rings (SSSR count). The number of hydrogen-bond donors (Lipinski definition) is 3. The highest BCUT2D eigenvalue weighted by molar-refractivity contribution is 5.93. The Morgan fingerprint density at radius 1 is 1.20 bits per heavy atom. The number of ether oxygens (including phenoxy) is 1. The lowest BCUT2D eigenvalue weighted by Crippen LogP contribution is -2.31. The van der Waals surface area contributed by atoms with Gasteiger partial charge < -0.3 is 20.8 Å². The number of nitrogens with one attached hydrogen (secondary N) is 2. The van der Waals surface area contributed by atoms with Crippen LogP contribution in [0, 0.1) is 0 Å². The van der Waals surface area contributed by atoms with Crippen LogP contribution in [-0.2, 0) is 17.6 Å². The first kappa shape index (κ1) is 20.2. The van der Waals surface area contributed by atoms with Crippen LogP contribution in [0.2, 0.25) is 0 Å². The number of hydrogen-bond acceptors (Lipinski definition) is 3. The van der Waals surface area contributed by atoms with E-state index in [1.807, 2.05) is 24.3 Å². The molecule has 1 unspecified atom stereocenters. The van der Waals surface area contributed by atoms with E-state index in [0.29, 0.717) is 6.04 Å². The third kappa shape index (κ3) is 4.74. The van der Waals surface area contributed by atoms with Crippen LogP contribution in [0.1, 0.15) is 36.0 Å². The van der Waals surface area contributed by atoms with Gasteiger partial charge in [-0.1, -0.05) is 24.3 Å². The van der Waals surface area contributed by atoms with Crippen LogP contribution < -0.4 is 15.8 Å². The zero-order chi connectivity index (χ0) is 20.9. The molecule has 1 amide bonds. The number of primary amides is 1. The minimum Gasteiger partial charge on any atom is -0.497 e. The van der Waals surface area contributed by atoms with Gasteiger partial charge in [-0.25, -0.2) is 0 Å². The van der Waals surface area contributed by atoms with Gasteiger partial charge in [0.2, 0.25) is 5.91 Å². The lowest BCUT2D eigenvalue weighted by Gasteiger charge is -2.23. The Hall–Kier alpha value is -3.05. The first-order chi connectivity index (χ1) is 14.6. The molecule has 0 spiro atoms. The van der Waals surface area contributed by atoms with Crippen LogP contribution in [0.15, 0.2) is 54.7 Å². The molecule has 3 aromatic rings. The number of fused-ring (bicyclic) bond motifs is 1. The number of aromatic amines is 1. The Bertz CT molecular complexity index is 1050. The molecule has 2 aromatic carbocycles. The SMILES string of the molecule is COc1ccc(CCNC2CC=C(c3c[nH]c4ccc(CC(N)=O)cc34)CC2)cc1. The average molecular weight is 404 g/mol. The summed E-state index contributed by atoms with van der Waals surface area (Å²) in [6.45, 7) is 0.976. The van der Waals surface area contributed by atoms with Gasteiger partial charge in [0.25, 0.3) is 0 Å². The summed E-state index contributed by atoms with van der Waals surface area (Å²) in [4.78, 5) is 14.6. The molecule has 0 fully saturated rings. The summed E-state index contributed by atoms with van der Waals surface area (Å²) in [5.74, 6) is 0.600. The quantitative estimate of drug-likeness (QED) is 0.532. The van der Waals surface area contributed by atoms with Gasteiger partial charge in [0.15, 0.2) is 0 Å². The lowest BCUT2D eigenvalue weighted by molar-refractivity contribution is -0.117. The number of carbonyl (C=O) groups excluding carboxylic acids is 1. The van der Waals surface area contributed by atoms with E-state index >= 15 is 0 Å². The van der Waals surface area contributed by atoms with Crippen molar-refractivity contribution in [3.63, 3.8) is 0 Å². The largest absolute Gasteiger partial charge is 0.497 e. The van der Waals surface area contributed by atoms with Crippen molar-refractivity contribution in [1.29, 1.82) is 0 Å². The Morgan fingerprint density at radius 3 is 2.70 bits per heavy atom. The Morgan fingerprint density at radius 2 is 2.00 bits per heavy atom. The van der Waals surface area contributed by atoms with E-state index in [0.717, 1.165) is 49.1 Å². The smallest absolute Gasteiger partial charge is 0.221 e. The number of allylic oxidation sites excluding steroid dienone is 1. The summed E-state index contributed by atoms with van der Waals surface area (Å²) in [5.41, 5.74) is 11.4. The highest BCUT2D eigenvalue weighted by Gasteiger charge is 2.17. The number of rotatable bonds is 8. The summed E-state index contributed by atoms with van der Waals surface area (Å²) in [6.07, 6.45) is 8.95. The van der Waals surface area contributed by atoms with Crippen molar-refractivity contribution >= 4 is 22.4 Å². The molecule has 5 nitrogen and oxygen atoms in total. The van der Waals surface area contributed by atoms with Crippen molar-refractivity contribution in [2.75, 3.05) is 13.7 Å². The summed E-state index contributed by atoms with van der Waals surface area (Å²) in [6, 6.07) is 14.9. The fraction of sp³-hybridized carbons (Fsp3) is 0.320. The normalized spacial score (nSPS) is 16.4. The predicted octanol–water partition coefficient (Wildman–Crippen LogP) is 3.97. The molecule has 30 heavy (non-hydrogen) atoms. The van der Waals surface area contributed by atoms with E-state index in [2.05, 4.69) is 40.8 Å². The van der Waals surface area contributed by atoms with Crippen molar-refractivity contribution in [2.24, 2.45) is 5.73 Å². The Balaban J connectivity index is 1.35. The van der Waals surface area contributed by atoms with Gasteiger partial charge in [-0.15, -0.1) is 0 Å². The molecular weight excluding hydrogens is 374 g/mol. The van der Waals surface area contributed by atoms with Crippen LogP contribution in [0.3, 0.4) is 0 Å². The second-order valence-electron chi connectivity index (χ2n) is 7.98. The van der Waals surface area contributed by atoms with Crippen molar-refractivity contribution in [1.82, 2.24) is 10.3 Å². The minimum atomic E-state index is -0.299. The van der Waals surface area contributed by atoms with Gasteiger partial charge in [0, 0.05) is 28.7 Å². The molecule has 156 valence electrons. The highest BCUT2D eigenvalue weighted by Crippen LogP contribution is 2.32. The second kappa shape index (κ2) is 9.18. The minimum absolute atomic E-state index is 0.278. The lowest BCUT2D eigenvalue weighted by atomic mass is 9.90. The van der Waals surface area contributed by atoms with Gasteiger partial charge >= 0.3 is 0 Å². The molecule has 4 N–H and O–H groups in total. The Kier molecular flexibility index (Phi) is 6.19. The number of aromatic nitrogens is 1. The van der Waals surface area contributed by atoms with Gasteiger partial charge in [-0.2, -0.15) is 0 Å². The van der Waals surface area contributed by atoms with Gasteiger partial charge in [0.1, 0.15) is 5.75 Å². The number of amides is 1. The molecule has 1 atom stereocenters. The molecule has 0 saturated carbocycles. The zero-order valence-corrected chi connectivity index (χ0v) is 17.4. The first-order valence-corrected chi connectivity index (χ1v) is 10.6. The second-order valence-corrected chi connectivity index (χ2v) is 7.98. The molecule has 1 aromatic heterocycles. The molecule has 5 heteroatoms. The third-order valence-corrected chi connectivity index (χ3v) is 5.89. The topological polar surface area (TPSA) is 80.1 Å². The monoisotopic (exact) mass is 403 g/mol. The van der Waals surface area contributed by atoms with E-state index in [1.165, 1.54) is 22.1 Å². The fourth-order valence-corrected chi connectivity index (χ4v) is 4.22. The van der Waals surface area contributed by atoms with Gasteiger partial charge in [-0.05, 0) is 73.2 Å². The van der Waals surface area contributed by atoms with E-state index < -0.39 is 0 Å². The standard InChI is InChI=1S/C25H29N3O2/c1-30-21-9-2-17(3-10-21)12-13-27-20-7-5-19(6-8-20)23-16-28-24-11-4-18(14-22(23)24)15-25(26)29/h2-5,9-11,14,16,20,27-28H,6-8,12-13,15H2,1H3,(H2,26,29). The van der Waals surface area contributed by atoms with Crippen molar-refractivity contribution in [3.05, 3.63) is 71.4 Å². The highest BCUT2D eigenvalue weighted by atomic mass is 16.5. The number of methoxy groups -OCH3 is 1. The Labute approximate surface area is 177 Å². The first-order valence-electron chi connectivity index (χ1n) is 10.6. The fourth-order valence-electron chi connectivity index (χ4n) is 4.22. The molecule has 0 aliphatic heterocycles. The van der Waals surface area contributed by atoms with Crippen LogP contribution in [0.25, 0.3) is 16.5 Å². The maximum atomic E-state index is 11.3. The molecule has 0 saturated heterocycles. The van der Waals surface area contributed by atoms with Crippen LogP contribution in [-0.4, -0.2) is 30.6 Å². The number of benzene rings is 2. The van der Waals surface area contributed by atoms with Crippen molar-refractivity contribution < 1.29 is 9.53 Å². The molecule has 0 bridgehead atoms. The zero-order valence-electron chi connectivity index (χ0n) is 17.4. The number of H-pyrrole nitrogens is 1. The third-order valence-electron chi connectivity index (χ3n) is 5.89.